The van der Waals surface area contributed by atoms with Gasteiger partial charge in [0, 0.05) is 32.2 Å². The normalized spacial score (nSPS) is 19.3. The molecule has 22 heavy (non-hydrogen) atoms. The molecule has 1 aliphatic rings. The highest BCUT2D eigenvalue weighted by Crippen LogP contribution is 2.14. The van der Waals surface area contributed by atoms with Gasteiger partial charge in [0.05, 0.1) is 0 Å². The van der Waals surface area contributed by atoms with E-state index in [1.54, 1.807) is 6.07 Å². The second-order valence-electron chi connectivity index (χ2n) is 6.16. The molecule has 2 aromatic carbocycles. The van der Waals surface area contributed by atoms with Crippen molar-refractivity contribution in [2.75, 3.05) is 19.6 Å². The van der Waals surface area contributed by atoms with Crippen molar-refractivity contribution < 1.29 is 4.39 Å². The monoisotopic (exact) mass is 298 g/mol. The number of nitrogens with one attached hydrogen (secondary N) is 1. The molecule has 1 fully saturated rings. The molecule has 1 heterocycles. The Kier molecular flexibility index (Phi) is 4.86. The zero-order valence-electron chi connectivity index (χ0n) is 13.1. The van der Waals surface area contributed by atoms with E-state index in [0.717, 1.165) is 38.2 Å². The van der Waals surface area contributed by atoms with Crippen LogP contribution in [0.2, 0.25) is 0 Å². The van der Waals surface area contributed by atoms with Crippen LogP contribution in [-0.2, 0) is 13.0 Å². The highest BCUT2D eigenvalue weighted by Gasteiger charge is 2.19. The molecule has 0 aromatic heterocycles. The summed E-state index contributed by atoms with van der Waals surface area (Å²) in [6.07, 6.45) is 0.951. The van der Waals surface area contributed by atoms with E-state index in [1.807, 2.05) is 19.1 Å². The molecular weight excluding hydrogens is 275 g/mol. The summed E-state index contributed by atoms with van der Waals surface area (Å²) in [7, 11) is 0. The number of hydrogen-bond acceptors (Lipinski definition) is 2. The van der Waals surface area contributed by atoms with E-state index in [1.165, 1.54) is 11.1 Å². The predicted octanol–water partition coefficient (Wildman–Crippen LogP) is 3.15. The number of aryl methyl sites for hydroxylation is 1. The van der Waals surface area contributed by atoms with Crippen molar-refractivity contribution in [3.05, 3.63) is 71.0 Å². The molecule has 2 aromatic rings. The molecule has 1 N–H and O–H groups in total. The van der Waals surface area contributed by atoms with Crippen molar-refractivity contribution in [3.63, 3.8) is 0 Å². The van der Waals surface area contributed by atoms with Crippen molar-refractivity contribution in [2.24, 2.45) is 0 Å². The molecule has 116 valence electrons. The zero-order valence-corrected chi connectivity index (χ0v) is 13.1. The van der Waals surface area contributed by atoms with Gasteiger partial charge in [0.2, 0.25) is 0 Å². The summed E-state index contributed by atoms with van der Waals surface area (Å²) < 4.78 is 13.4. The van der Waals surface area contributed by atoms with Gasteiger partial charge in [-0.05, 0) is 36.1 Å². The number of rotatable bonds is 4. The average Bonchev–Trinajstić information content (AvgIpc) is 2.52. The first-order chi connectivity index (χ1) is 10.7. The van der Waals surface area contributed by atoms with Crippen molar-refractivity contribution in [1.82, 2.24) is 10.2 Å². The molecule has 0 spiro atoms. The van der Waals surface area contributed by atoms with Gasteiger partial charge in [0.1, 0.15) is 5.82 Å². The molecule has 2 nitrogen and oxygen atoms in total. The molecule has 0 radical (unpaired) electrons. The van der Waals surface area contributed by atoms with Crippen LogP contribution in [0.15, 0.2) is 48.5 Å². The summed E-state index contributed by atoms with van der Waals surface area (Å²) in [6.45, 7) is 5.95. The maximum Gasteiger partial charge on any atom is 0.126 e. The molecule has 1 unspecified atom stereocenters. The van der Waals surface area contributed by atoms with Crippen LogP contribution in [0.3, 0.4) is 0 Å². The molecule has 0 saturated carbocycles. The van der Waals surface area contributed by atoms with Crippen molar-refractivity contribution in [3.8, 4) is 0 Å². The fourth-order valence-corrected chi connectivity index (χ4v) is 3.13. The van der Waals surface area contributed by atoms with Crippen LogP contribution in [0.1, 0.15) is 16.7 Å². The molecule has 1 atom stereocenters. The maximum absolute atomic E-state index is 13.4. The van der Waals surface area contributed by atoms with Crippen LogP contribution < -0.4 is 5.32 Å². The van der Waals surface area contributed by atoms with E-state index in [4.69, 9.17) is 0 Å². The first-order valence-corrected chi connectivity index (χ1v) is 7.95. The molecule has 3 heteroatoms. The molecule has 0 amide bonds. The standard InChI is InChI=1S/C19H23FN2/c1-15-11-17(7-8-19(15)20)12-18-14-22(10-9-21-18)13-16-5-3-2-4-6-16/h2-8,11,18,21H,9-10,12-14H2,1H3. The van der Waals surface area contributed by atoms with Gasteiger partial charge in [-0.3, -0.25) is 4.90 Å². The van der Waals surface area contributed by atoms with Crippen molar-refractivity contribution >= 4 is 0 Å². The van der Waals surface area contributed by atoms with E-state index >= 15 is 0 Å². The summed E-state index contributed by atoms with van der Waals surface area (Å²) in [5, 5.41) is 3.58. The van der Waals surface area contributed by atoms with E-state index in [-0.39, 0.29) is 5.82 Å². The van der Waals surface area contributed by atoms with Crippen LogP contribution in [-0.4, -0.2) is 30.6 Å². The van der Waals surface area contributed by atoms with E-state index in [2.05, 4.69) is 40.5 Å². The highest BCUT2D eigenvalue weighted by molar-refractivity contribution is 5.25. The number of benzene rings is 2. The van der Waals surface area contributed by atoms with Crippen LogP contribution in [0.25, 0.3) is 0 Å². The Balaban J connectivity index is 1.59. The first-order valence-electron chi connectivity index (χ1n) is 7.95. The van der Waals surface area contributed by atoms with Gasteiger partial charge in [0.25, 0.3) is 0 Å². The highest BCUT2D eigenvalue weighted by atomic mass is 19.1. The third-order valence-corrected chi connectivity index (χ3v) is 4.29. The summed E-state index contributed by atoms with van der Waals surface area (Å²) in [6, 6.07) is 16.5. The fraction of sp³-hybridized carbons (Fsp3) is 0.368. The molecule has 0 aliphatic carbocycles. The van der Waals surface area contributed by atoms with Crippen LogP contribution in [0, 0.1) is 12.7 Å². The summed E-state index contributed by atoms with van der Waals surface area (Å²) in [4.78, 5) is 2.49. The fourth-order valence-electron chi connectivity index (χ4n) is 3.13. The predicted molar refractivity (Wildman–Crippen MR) is 88.4 cm³/mol. The lowest BCUT2D eigenvalue weighted by Gasteiger charge is -2.34. The number of nitrogens with zero attached hydrogens (tertiary/aromatic N) is 1. The minimum atomic E-state index is -0.119. The number of hydrogen-bond donors (Lipinski definition) is 1. The Bertz CT molecular complexity index is 612. The third-order valence-electron chi connectivity index (χ3n) is 4.29. The van der Waals surface area contributed by atoms with Crippen LogP contribution >= 0.6 is 0 Å². The van der Waals surface area contributed by atoms with Crippen LogP contribution in [0.4, 0.5) is 4.39 Å². The van der Waals surface area contributed by atoms with Gasteiger partial charge >= 0.3 is 0 Å². The molecule has 3 rings (SSSR count). The molecule has 1 saturated heterocycles. The Morgan fingerprint density at radius 3 is 2.73 bits per heavy atom. The second kappa shape index (κ2) is 7.03. The van der Waals surface area contributed by atoms with Crippen molar-refractivity contribution in [1.29, 1.82) is 0 Å². The van der Waals surface area contributed by atoms with E-state index in [0.29, 0.717) is 6.04 Å². The van der Waals surface area contributed by atoms with Gasteiger partial charge in [0.15, 0.2) is 0 Å². The van der Waals surface area contributed by atoms with E-state index < -0.39 is 0 Å². The summed E-state index contributed by atoms with van der Waals surface area (Å²) in [5.41, 5.74) is 3.30. The van der Waals surface area contributed by atoms with Gasteiger partial charge in [-0.1, -0.05) is 42.5 Å². The molecule has 0 bridgehead atoms. The Labute approximate surface area is 132 Å². The Hall–Kier alpha value is -1.71. The second-order valence-corrected chi connectivity index (χ2v) is 6.16. The van der Waals surface area contributed by atoms with Gasteiger partial charge in [-0.2, -0.15) is 0 Å². The topological polar surface area (TPSA) is 15.3 Å². The first kappa shape index (κ1) is 15.2. The lowest BCUT2D eigenvalue weighted by Crippen LogP contribution is -2.51. The lowest BCUT2D eigenvalue weighted by atomic mass is 10.0. The SMILES string of the molecule is Cc1cc(CC2CN(Cc3ccccc3)CCN2)ccc1F. The minimum absolute atomic E-state index is 0.119. The number of piperazine rings is 1. The average molecular weight is 298 g/mol. The quantitative estimate of drug-likeness (QED) is 0.933. The van der Waals surface area contributed by atoms with Crippen LogP contribution in [0.5, 0.6) is 0 Å². The molecular formula is C19H23FN2. The minimum Gasteiger partial charge on any atom is -0.311 e. The smallest absolute Gasteiger partial charge is 0.126 e. The third kappa shape index (κ3) is 3.93. The zero-order chi connectivity index (χ0) is 15.4. The molecule has 1 aliphatic heterocycles. The van der Waals surface area contributed by atoms with E-state index in [9.17, 15) is 4.39 Å². The maximum atomic E-state index is 13.4. The Morgan fingerprint density at radius 1 is 1.14 bits per heavy atom. The lowest BCUT2D eigenvalue weighted by molar-refractivity contribution is 0.192. The van der Waals surface area contributed by atoms with Gasteiger partial charge < -0.3 is 5.32 Å². The summed E-state index contributed by atoms with van der Waals surface area (Å²) >= 11 is 0. The van der Waals surface area contributed by atoms with Crippen molar-refractivity contribution in [2.45, 2.75) is 25.9 Å². The Morgan fingerprint density at radius 2 is 1.95 bits per heavy atom. The van der Waals surface area contributed by atoms with Gasteiger partial charge in [-0.15, -0.1) is 0 Å². The number of halogens is 1. The summed E-state index contributed by atoms with van der Waals surface area (Å²) in [5.74, 6) is -0.119. The largest absolute Gasteiger partial charge is 0.311 e. The van der Waals surface area contributed by atoms with Gasteiger partial charge in [-0.25, -0.2) is 4.39 Å².